The van der Waals surface area contributed by atoms with E-state index in [1.165, 1.54) is 16.7 Å². The topological polar surface area (TPSA) is 12.0 Å². The largest absolute Gasteiger partial charge is 0.378 e. The Hall–Kier alpha value is -3.50. The quantitative estimate of drug-likeness (QED) is 0.421. The maximum atomic E-state index is 3.82. The molecule has 0 aliphatic heterocycles. The highest BCUT2D eigenvalue weighted by Gasteiger charge is 2.34. The minimum atomic E-state index is -0.177. The van der Waals surface area contributed by atoms with Crippen molar-refractivity contribution in [2.24, 2.45) is 5.41 Å². The standard InChI is InChI=1S/C33H35N/c1-6-14-25-15-10-12-19-30(25)34-31-20-13-11-18-29(31)33(4,5)28-23-21-27(22-24-28)32(2,3)26-16-8-7-9-17-26/h6-19,21,23,31,34H,20H2,1-5H3/b14-6-. The van der Waals surface area contributed by atoms with Crippen LogP contribution in [0.1, 0.15) is 52.2 Å². The average molecular weight is 446 g/mol. The number of nitrogens with one attached hydrogen (secondary N) is 1. The normalized spacial score (nSPS) is 18.0. The van der Waals surface area contributed by atoms with Crippen LogP contribution in [0, 0.1) is 5.41 Å². The third-order valence-electron chi connectivity index (χ3n) is 7.11. The van der Waals surface area contributed by atoms with E-state index in [2.05, 4.69) is 149 Å². The number of rotatable bonds is 7. The molecule has 0 saturated heterocycles. The highest BCUT2D eigenvalue weighted by Crippen LogP contribution is 2.42. The fraction of sp³-hybridized carbons (Fsp3) is 0.273. The SMILES string of the molecule is C/C=C\c1ccccc1NC1CC=CC=C1C(C)(C)C1=C=C=C(C(C)(C)c2ccccc2)C=C1. The molecule has 2 aliphatic carbocycles. The van der Waals surface area contributed by atoms with Crippen molar-refractivity contribution in [1.29, 1.82) is 0 Å². The number of hydrogen-bond acceptors (Lipinski definition) is 1. The number of allylic oxidation sites excluding steroid dienone is 7. The molecule has 1 N–H and O–H groups in total. The molecular formula is C33H35N. The maximum absolute atomic E-state index is 3.82. The molecule has 2 aliphatic rings. The van der Waals surface area contributed by atoms with Crippen molar-refractivity contribution < 1.29 is 0 Å². The van der Waals surface area contributed by atoms with Crippen LogP contribution in [0.15, 0.2) is 119 Å². The van der Waals surface area contributed by atoms with E-state index < -0.39 is 0 Å². The van der Waals surface area contributed by atoms with Gasteiger partial charge in [0.2, 0.25) is 0 Å². The van der Waals surface area contributed by atoms with E-state index in [0.717, 1.165) is 23.3 Å². The molecule has 34 heavy (non-hydrogen) atoms. The van der Waals surface area contributed by atoms with E-state index in [-0.39, 0.29) is 16.9 Å². The minimum Gasteiger partial charge on any atom is -0.378 e. The van der Waals surface area contributed by atoms with Crippen molar-refractivity contribution in [3.8, 4) is 0 Å². The molecule has 0 aromatic heterocycles. The van der Waals surface area contributed by atoms with E-state index in [1.807, 2.05) is 0 Å². The van der Waals surface area contributed by atoms with Gasteiger partial charge in [0.05, 0.1) is 6.04 Å². The van der Waals surface area contributed by atoms with Gasteiger partial charge in [0, 0.05) is 27.7 Å². The fourth-order valence-corrected chi connectivity index (χ4v) is 4.83. The number of benzene rings is 2. The van der Waals surface area contributed by atoms with Gasteiger partial charge in [-0.25, -0.2) is 0 Å². The Balaban J connectivity index is 1.67. The Morgan fingerprint density at radius 2 is 1.50 bits per heavy atom. The van der Waals surface area contributed by atoms with Crippen LogP contribution in [0.5, 0.6) is 0 Å². The number of anilines is 1. The number of hydrogen-bond donors (Lipinski definition) is 1. The van der Waals surface area contributed by atoms with E-state index >= 15 is 0 Å². The van der Waals surface area contributed by atoms with Crippen molar-refractivity contribution >= 4 is 11.8 Å². The summed E-state index contributed by atoms with van der Waals surface area (Å²) in [5, 5.41) is 3.82. The van der Waals surface area contributed by atoms with Crippen LogP contribution < -0.4 is 5.32 Å². The molecule has 0 amide bonds. The summed E-state index contributed by atoms with van der Waals surface area (Å²) in [6.45, 7) is 11.2. The van der Waals surface area contributed by atoms with Gasteiger partial charge in [0.25, 0.3) is 0 Å². The molecule has 2 aromatic rings. The molecule has 0 fully saturated rings. The van der Waals surface area contributed by atoms with Gasteiger partial charge in [-0.15, -0.1) is 0 Å². The van der Waals surface area contributed by atoms with Gasteiger partial charge in [0.15, 0.2) is 0 Å². The van der Waals surface area contributed by atoms with Gasteiger partial charge in [-0.2, -0.15) is 0 Å². The zero-order chi connectivity index (χ0) is 24.2. The van der Waals surface area contributed by atoms with Crippen LogP contribution in [-0.2, 0) is 5.41 Å². The Morgan fingerprint density at radius 1 is 0.853 bits per heavy atom. The van der Waals surface area contributed by atoms with E-state index in [1.54, 1.807) is 0 Å². The average Bonchev–Trinajstić information content (AvgIpc) is 2.86. The molecule has 2 aromatic carbocycles. The summed E-state index contributed by atoms with van der Waals surface area (Å²) in [6.07, 6.45) is 16.4. The molecule has 4 rings (SSSR count). The molecule has 1 heteroatoms. The zero-order valence-corrected chi connectivity index (χ0v) is 21.0. The molecule has 0 radical (unpaired) electrons. The van der Waals surface area contributed by atoms with Gasteiger partial charge in [-0.1, -0.05) is 118 Å². The first-order valence-corrected chi connectivity index (χ1v) is 12.2. The summed E-state index contributed by atoms with van der Waals surface area (Å²) >= 11 is 0. The lowest BCUT2D eigenvalue weighted by Crippen LogP contribution is -2.33. The van der Waals surface area contributed by atoms with Gasteiger partial charge >= 0.3 is 0 Å². The first-order valence-electron chi connectivity index (χ1n) is 12.2. The smallest absolute Gasteiger partial charge is 0.0520 e. The summed E-state index contributed by atoms with van der Waals surface area (Å²) in [4.78, 5) is 0. The lowest BCUT2D eigenvalue weighted by Gasteiger charge is -2.36. The van der Waals surface area contributed by atoms with Crippen LogP contribution in [-0.4, -0.2) is 6.04 Å². The molecule has 0 spiro atoms. The molecule has 1 atom stereocenters. The van der Waals surface area contributed by atoms with Crippen molar-refractivity contribution in [2.75, 3.05) is 5.32 Å². The predicted octanol–water partition coefficient (Wildman–Crippen LogP) is 8.57. The Labute approximate surface area is 205 Å². The first kappa shape index (κ1) is 23.7. The Bertz CT molecular complexity index is 1260. The number of para-hydroxylation sites is 1. The molecule has 172 valence electrons. The third kappa shape index (κ3) is 4.73. The Kier molecular flexibility index (Phi) is 6.80. The van der Waals surface area contributed by atoms with Crippen molar-refractivity contribution in [2.45, 2.75) is 52.5 Å². The van der Waals surface area contributed by atoms with E-state index in [4.69, 9.17) is 0 Å². The van der Waals surface area contributed by atoms with Crippen molar-refractivity contribution in [3.05, 3.63) is 130 Å². The zero-order valence-electron chi connectivity index (χ0n) is 21.0. The Morgan fingerprint density at radius 3 is 2.18 bits per heavy atom. The van der Waals surface area contributed by atoms with E-state index in [0.29, 0.717) is 0 Å². The molecule has 1 unspecified atom stereocenters. The molecule has 1 nitrogen and oxygen atoms in total. The molecule has 0 bridgehead atoms. The molecule has 0 saturated carbocycles. The van der Waals surface area contributed by atoms with Crippen LogP contribution in [0.4, 0.5) is 5.69 Å². The molecule has 0 heterocycles. The maximum Gasteiger partial charge on any atom is 0.0520 e. The van der Waals surface area contributed by atoms with Crippen LogP contribution in [0.25, 0.3) is 6.08 Å². The summed E-state index contributed by atoms with van der Waals surface area (Å²) in [5.74, 6) is 0. The van der Waals surface area contributed by atoms with Gasteiger partial charge in [-0.3, -0.25) is 0 Å². The fourth-order valence-electron chi connectivity index (χ4n) is 4.83. The van der Waals surface area contributed by atoms with E-state index in [9.17, 15) is 0 Å². The van der Waals surface area contributed by atoms with Gasteiger partial charge in [-0.05, 0) is 48.3 Å². The summed E-state index contributed by atoms with van der Waals surface area (Å²) in [7, 11) is 0. The van der Waals surface area contributed by atoms with Gasteiger partial charge < -0.3 is 5.32 Å². The van der Waals surface area contributed by atoms with Crippen molar-refractivity contribution in [3.63, 3.8) is 0 Å². The van der Waals surface area contributed by atoms with Crippen LogP contribution in [0.3, 0.4) is 0 Å². The van der Waals surface area contributed by atoms with Crippen LogP contribution in [0.2, 0.25) is 0 Å². The first-order chi connectivity index (χ1) is 16.3. The molecular weight excluding hydrogens is 410 g/mol. The monoisotopic (exact) mass is 445 g/mol. The third-order valence-corrected chi connectivity index (χ3v) is 7.11. The summed E-state index contributed by atoms with van der Waals surface area (Å²) < 4.78 is 0. The second-order valence-corrected chi connectivity index (χ2v) is 10.1. The highest BCUT2D eigenvalue weighted by molar-refractivity contribution is 5.67. The second kappa shape index (κ2) is 9.78. The second-order valence-electron chi connectivity index (χ2n) is 10.1. The van der Waals surface area contributed by atoms with Crippen LogP contribution >= 0.6 is 0 Å². The lowest BCUT2D eigenvalue weighted by atomic mass is 9.70. The summed E-state index contributed by atoms with van der Waals surface area (Å²) in [6, 6.07) is 19.4. The van der Waals surface area contributed by atoms with Crippen molar-refractivity contribution in [1.82, 2.24) is 0 Å². The predicted molar refractivity (Wildman–Crippen MR) is 147 cm³/mol. The highest BCUT2D eigenvalue weighted by atomic mass is 14.9. The summed E-state index contributed by atoms with van der Waals surface area (Å²) in [5.41, 5.74) is 14.1. The van der Waals surface area contributed by atoms with Gasteiger partial charge in [0.1, 0.15) is 0 Å². The minimum absolute atomic E-state index is 0.117. The lowest BCUT2D eigenvalue weighted by molar-refractivity contribution is 0.508.